The Kier molecular flexibility index (Phi) is 4.04. The topological polar surface area (TPSA) is 55.3 Å². The second kappa shape index (κ2) is 5.83. The SMILES string of the molecule is COC(=O)c1sc2ncnc(N3CC(C)CC(C)C3)c2c1C. The van der Waals surface area contributed by atoms with E-state index in [1.165, 1.54) is 24.9 Å². The van der Waals surface area contributed by atoms with E-state index in [1.54, 1.807) is 6.33 Å². The molecule has 0 radical (unpaired) electrons. The van der Waals surface area contributed by atoms with Crippen LogP contribution in [0.2, 0.25) is 0 Å². The Bertz CT molecular complexity index is 703. The maximum Gasteiger partial charge on any atom is 0.348 e. The second-order valence-electron chi connectivity index (χ2n) is 6.28. The molecule has 2 aromatic rings. The molecular formula is C16H21N3O2S. The summed E-state index contributed by atoms with van der Waals surface area (Å²) in [6.45, 7) is 8.51. The molecule has 0 aromatic carbocycles. The van der Waals surface area contributed by atoms with E-state index in [9.17, 15) is 4.79 Å². The largest absolute Gasteiger partial charge is 0.465 e. The number of hydrogen-bond acceptors (Lipinski definition) is 6. The van der Waals surface area contributed by atoms with Crippen LogP contribution in [-0.2, 0) is 4.74 Å². The first-order chi connectivity index (χ1) is 10.5. The van der Waals surface area contributed by atoms with E-state index in [-0.39, 0.29) is 5.97 Å². The molecule has 0 amide bonds. The Balaban J connectivity index is 2.10. The monoisotopic (exact) mass is 319 g/mol. The number of fused-ring (bicyclic) bond motifs is 1. The second-order valence-corrected chi connectivity index (χ2v) is 7.28. The number of hydrogen-bond donors (Lipinski definition) is 0. The molecule has 1 saturated heterocycles. The fourth-order valence-corrected chi connectivity index (χ4v) is 4.48. The summed E-state index contributed by atoms with van der Waals surface area (Å²) in [4.78, 5) is 24.6. The Morgan fingerprint density at radius 2 is 2.00 bits per heavy atom. The molecule has 0 saturated carbocycles. The average molecular weight is 319 g/mol. The summed E-state index contributed by atoms with van der Waals surface area (Å²) in [6, 6.07) is 0. The average Bonchev–Trinajstić information content (AvgIpc) is 2.83. The van der Waals surface area contributed by atoms with Crippen molar-refractivity contribution in [1.29, 1.82) is 0 Å². The summed E-state index contributed by atoms with van der Waals surface area (Å²) < 4.78 is 4.88. The molecule has 5 nitrogen and oxygen atoms in total. The number of carbonyl (C=O) groups is 1. The highest BCUT2D eigenvalue weighted by Crippen LogP contribution is 2.37. The van der Waals surface area contributed by atoms with Crippen LogP contribution in [0.3, 0.4) is 0 Å². The van der Waals surface area contributed by atoms with Crippen LogP contribution in [0.1, 0.15) is 35.5 Å². The lowest BCUT2D eigenvalue weighted by atomic mass is 9.92. The number of piperidine rings is 1. The van der Waals surface area contributed by atoms with Crippen molar-refractivity contribution in [2.75, 3.05) is 25.1 Å². The van der Waals surface area contributed by atoms with Crippen LogP contribution in [0.5, 0.6) is 0 Å². The Hall–Kier alpha value is -1.69. The number of aromatic nitrogens is 2. The Morgan fingerprint density at radius 1 is 1.32 bits per heavy atom. The van der Waals surface area contributed by atoms with Crippen LogP contribution < -0.4 is 4.90 Å². The van der Waals surface area contributed by atoms with Crippen LogP contribution in [0.25, 0.3) is 10.2 Å². The lowest BCUT2D eigenvalue weighted by molar-refractivity contribution is 0.0605. The summed E-state index contributed by atoms with van der Waals surface area (Å²) in [6.07, 6.45) is 2.85. The highest BCUT2D eigenvalue weighted by molar-refractivity contribution is 7.20. The third-order valence-electron chi connectivity index (χ3n) is 4.25. The highest BCUT2D eigenvalue weighted by Gasteiger charge is 2.27. The number of anilines is 1. The molecule has 1 aliphatic rings. The summed E-state index contributed by atoms with van der Waals surface area (Å²) >= 11 is 1.38. The standard InChI is InChI=1S/C16H21N3O2S/c1-9-5-10(2)7-19(6-9)14-12-11(3)13(16(20)21-4)22-15(12)18-8-17-14/h8-10H,5-7H2,1-4H3. The number of esters is 1. The normalized spacial score (nSPS) is 22.1. The van der Waals surface area contributed by atoms with Gasteiger partial charge in [0.1, 0.15) is 21.9 Å². The molecule has 1 fully saturated rings. The van der Waals surface area contributed by atoms with Gasteiger partial charge >= 0.3 is 5.97 Å². The third-order valence-corrected chi connectivity index (χ3v) is 5.43. The smallest absolute Gasteiger partial charge is 0.348 e. The summed E-state index contributed by atoms with van der Waals surface area (Å²) in [5, 5.41) is 0.995. The van der Waals surface area contributed by atoms with Gasteiger partial charge in [-0.1, -0.05) is 13.8 Å². The molecule has 2 aromatic heterocycles. The van der Waals surface area contributed by atoms with Gasteiger partial charge in [0.15, 0.2) is 0 Å². The van der Waals surface area contributed by atoms with Crippen LogP contribution in [0.15, 0.2) is 6.33 Å². The van der Waals surface area contributed by atoms with Gasteiger partial charge in [0.2, 0.25) is 0 Å². The zero-order valence-corrected chi connectivity index (χ0v) is 14.2. The van der Waals surface area contributed by atoms with E-state index in [1.807, 2.05) is 6.92 Å². The number of aryl methyl sites for hydroxylation is 1. The fourth-order valence-electron chi connectivity index (χ4n) is 3.42. The Labute approximate surface area is 134 Å². The first kappa shape index (κ1) is 15.2. The molecule has 0 spiro atoms. The van der Waals surface area contributed by atoms with Gasteiger partial charge in [-0.15, -0.1) is 11.3 Å². The minimum absolute atomic E-state index is 0.299. The van der Waals surface area contributed by atoms with Crippen molar-refractivity contribution in [3.05, 3.63) is 16.8 Å². The van der Waals surface area contributed by atoms with Gasteiger partial charge in [0.05, 0.1) is 12.5 Å². The summed E-state index contributed by atoms with van der Waals surface area (Å²) in [5.41, 5.74) is 0.924. The van der Waals surface area contributed by atoms with Crippen LogP contribution in [0.4, 0.5) is 5.82 Å². The molecule has 22 heavy (non-hydrogen) atoms. The van der Waals surface area contributed by atoms with E-state index < -0.39 is 0 Å². The number of nitrogens with zero attached hydrogens (tertiary/aromatic N) is 3. The molecule has 3 rings (SSSR count). The third kappa shape index (κ3) is 2.56. The van der Waals surface area contributed by atoms with Crippen molar-refractivity contribution in [3.63, 3.8) is 0 Å². The van der Waals surface area contributed by atoms with Gasteiger partial charge in [-0.3, -0.25) is 0 Å². The molecule has 3 heterocycles. The van der Waals surface area contributed by atoms with Gasteiger partial charge in [0.25, 0.3) is 0 Å². The van der Waals surface area contributed by atoms with Gasteiger partial charge in [-0.05, 0) is 30.7 Å². The predicted octanol–water partition coefficient (Wildman–Crippen LogP) is 3.27. The predicted molar refractivity (Wildman–Crippen MR) is 88.6 cm³/mol. The minimum atomic E-state index is -0.299. The minimum Gasteiger partial charge on any atom is -0.465 e. The van der Waals surface area contributed by atoms with Crippen LogP contribution in [0, 0.1) is 18.8 Å². The van der Waals surface area contributed by atoms with E-state index in [0.717, 1.165) is 34.7 Å². The summed E-state index contributed by atoms with van der Waals surface area (Å²) in [7, 11) is 1.41. The highest BCUT2D eigenvalue weighted by atomic mass is 32.1. The number of thiophene rings is 1. The van der Waals surface area contributed by atoms with Gasteiger partial charge in [-0.2, -0.15) is 0 Å². The maximum absolute atomic E-state index is 11.9. The van der Waals surface area contributed by atoms with E-state index in [0.29, 0.717) is 16.7 Å². The van der Waals surface area contributed by atoms with Crippen molar-refractivity contribution >= 4 is 33.3 Å². The van der Waals surface area contributed by atoms with Crippen molar-refractivity contribution in [2.24, 2.45) is 11.8 Å². The number of rotatable bonds is 2. The molecule has 1 aliphatic heterocycles. The van der Waals surface area contributed by atoms with Crippen molar-refractivity contribution in [2.45, 2.75) is 27.2 Å². The zero-order valence-electron chi connectivity index (χ0n) is 13.4. The molecule has 0 aliphatic carbocycles. The lowest BCUT2D eigenvalue weighted by Crippen LogP contribution is -2.39. The molecule has 2 atom stereocenters. The number of ether oxygens (including phenoxy) is 1. The maximum atomic E-state index is 11.9. The Morgan fingerprint density at radius 3 is 2.64 bits per heavy atom. The van der Waals surface area contributed by atoms with E-state index in [4.69, 9.17) is 4.74 Å². The molecular weight excluding hydrogens is 298 g/mol. The van der Waals surface area contributed by atoms with Crippen LogP contribution >= 0.6 is 11.3 Å². The van der Waals surface area contributed by atoms with E-state index in [2.05, 4.69) is 28.7 Å². The van der Waals surface area contributed by atoms with Gasteiger partial charge < -0.3 is 9.64 Å². The van der Waals surface area contributed by atoms with Crippen molar-refractivity contribution in [1.82, 2.24) is 9.97 Å². The summed E-state index contributed by atoms with van der Waals surface area (Å²) in [5.74, 6) is 1.94. The van der Waals surface area contributed by atoms with Crippen LogP contribution in [-0.4, -0.2) is 36.1 Å². The quantitative estimate of drug-likeness (QED) is 0.795. The molecule has 2 unspecified atom stereocenters. The first-order valence-corrected chi connectivity index (χ1v) is 8.40. The molecule has 118 valence electrons. The molecule has 0 bridgehead atoms. The molecule has 6 heteroatoms. The first-order valence-electron chi connectivity index (χ1n) is 7.58. The lowest BCUT2D eigenvalue weighted by Gasteiger charge is -2.36. The van der Waals surface area contributed by atoms with Crippen molar-refractivity contribution < 1.29 is 9.53 Å². The van der Waals surface area contributed by atoms with Gasteiger partial charge in [-0.25, -0.2) is 14.8 Å². The number of carbonyl (C=O) groups excluding carboxylic acids is 1. The van der Waals surface area contributed by atoms with Gasteiger partial charge in [0, 0.05) is 13.1 Å². The molecule has 0 N–H and O–H groups in total. The number of methoxy groups -OCH3 is 1. The van der Waals surface area contributed by atoms with E-state index >= 15 is 0 Å². The fraction of sp³-hybridized carbons (Fsp3) is 0.562. The zero-order chi connectivity index (χ0) is 15.9. The van der Waals surface area contributed by atoms with Crippen molar-refractivity contribution in [3.8, 4) is 0 Å².